The van der Waals surface area contributed by atoms with Crippen LogP contribution in [-0.4, -0.2) is 0 Å². The Morgan fingerprint density at radius 1 is 1.31 bits per heavy atom. The smallest absolute Gasteiger partial charge is 0.00431 e. The predicted molar refractivity (Wildman–Crippen MR) is 71.5 cm³/mol. The Morgan fingerprint density at radius 2 is 2.00 bits per heavy atom. The van der Waals surface area contributed by atoms with E-state index < -0.39 is 0 Å². The Labute approximate surface area is 99.0 Å². The number of hydrogen-bond donors (Lipinski definition) is 0. The highest BCUT2D eigenvalue weighted by molar-refractivity contribution is 5.25. The molecule has 0 radical (unpaired) electrons. The molecule has 0 heterocycles. The lowest BCUT2D eigenvalue weighted by atomic mass is 10.1. The maximum Gasteiger partial charge on any atom is -0.00431 e. The van der Waals surface area contributed by atoms with Crippen LogP contribution in [0.1, 0.15) is 32.3 Å². The number of hydrogen-bond acceptors (Lipinski definition) is 0. The Kier molecular flexibility index (Phi) is 5.39. The summed E-state index contributed by atoms with van der Waals surface area (Å²) in [7, 11) is 0. The molecule has 0 atom stereocenters. The second kappa shape index (κ2) is 6.87. The predicted octanol–water partition coefficient (Wildman–Crippen LogP) is 4.69. The van der Waals surface area contributed by atoms with Gasteiger partial charge >= 0.3 is 0 Å². The molecule has 0 amide bonds. The summed E-state index contributed by atoms with van der Waals surface area (Å²) in [6.07, 6.45) is 5.26. The van der Waals surface area contributed by atoms with E-state index in [1.807, 2.05) is 6.92 Å². The zero-order chi connectivity index (χ0) is 11.8. The van der Waals surface area contributed by atoms with Gasteiger partial charge in [0.1, 0.15) is 0 Å². The summed E-state index contributed by atoms with van der Waals surface area (Å²) in [5.41, 5.74) is 7.07. The molecule has 0 aliphatic heterocycles. The lowest BCUT2D eigenvalue weighted by Gasteiger charge is -1.98. The summed E-state index contributed by atoms with van der Waals surface area (Å²) in [6.45, 7) is 8.12. The summed E-state index contributed by atoms with van der Waals surface area (Å²) in [5.74, 6) is 0. The van der Waals surface area contributed by atoms with E-state index in [9.17, 15) is 0 Å². The minimum atomic E-state index is 1.01. The Hall–Kier alpha value is -1.52. The molecule has 0 heteroatoms. The average molecular weight is 212 g/mol. The molecule has 0 spiro atoms. The molecule has 0 nitrogen and oxygen atoms in total. The highest BCUT2D eigenvalue weighted by Gasteiger charge is 1.91. The lowest BCUT2D eigenvalue weighted by molar-refractivity contribution is 0.999. The molecule has 0 fully saturated rings. The van der Waals surface area contributed by atoms with Crippen molar-refractivity contribution in [3.8, 4) is 0 Å². The van der Waals surface area contributed by atoms with Gasteiger partial charge in [-0.3, -0.25) is 0 Å². The summed E-state index contributed by atoms with van der Waals surface area (Å²) in [6, 6.07) is 10.5. The molecule has 16 heavy (non-hydrogen) atoms. The number of allylic oxidation sites excluding steroid dienone is 2. The van der Waals surface area contributed by atoms with Gasteiger partial charge in [0.2, 0.25) is 0 Å². The van der Waals surface area contributed by atoms with Crippen LogP contribution < -0.4 is 0 Å². The fourth-order valence-corrected chi connectivity index (χ4v) is 1.61. The minimum Gasteiger partial charge on any atom is -0.121 e. The molecule has 1 rings (SSSR count). The molecule has 0 unspecified atom stereocenters. The first kappa shape index (κ1) is 12.5. The topological polar surface area (TPSA) is 0 Å². The Bertz CT molecular complexity index is 389. The van der Waals surface area contributed by atoms with Crippen LogP contribution in [0.5, 0.6) is 0 Å². The third-order valence-corrected chi connectivity index (χ3v) is 2.57. The van der Waals surface area contributed by atoms with Crippen LogP contribution in [0, 0.1) is 0 Å². The third-order valence-electron chi connectivity index (χ3n) is 2.57. The van der Waals surface area contributed by atoms with Crippen LogP contribution in [0.15, 0.2) is 59.9 Å². The lowest BCUT2D eigenvalue weighted by Crippen LogP contribution is -1.82. The fourth-order valence-electron chi connectivity index (χ4n) is 1.61. The van der Waals surface area contributed by atoms with Gasteiger partial charge in [-0.05, 0) is 49.0 Å². The van der Waals surface area contributed by atoms with Gasteiger partial charge in [0.05, 0.1) is 0 Å². The molecule has 1 aromatic carbocycles. The molecule has 0 aliphatic rings. The molecule has 0 saturated carbocycles. The summed E-state index contributed by atoms with van der Waals surface area (Å²) < 4.78 is 0. The van der Waals surface area contributed by atoms with Crippen molar-refractivity contribution in [2.45, 2.75) is 33.1 Å². The van der Waals surface area contributed by atoms with Crippen LogP contribution >= 0.6 is 0 Å². The Morgan fingerprint density at radius 3 is 2.56 bits per heavy atom. The molecular weight excluding hydrogens is 192 g/mol. The maximum absolute atomic E-state index is 3.94. The third kappa shape index (κ3) is 4.33. The van der Waals surface area contributed by atoms with E-state index in [1.54, 1.807) is 0 Å². The number of benzene rings is 1. The van der Waals surface area contributed by atoms with Gasteiger partial charge in [-0.15, -0.1) is 5.73 Å². The van der Waals surface area contributed by atoms with Gasteiger partial charge in [0.25, 0.3) is 0 Å². The summed E-state index contributed by atoms with van der Waals surface area (Å²) in [4.78, 5) is 0. The molecule has 84 valence electrons. The van der Waals surface area contributed by atoms with E-state index in [4.69, 9.17) is 0 Å². The normalized spacial score (nSPS) is 9.38. The monoisotopic (exact) mass is 212 g/mol. The van der Waals surface area contributed by atoms with Crippen LogP contribution in [0.25, 0.3) is 0 Å². The van der Waals surface area contributed by atoms with Crippen molar-refractivity contribution in [3.63, 3.8) is 0 Å². The highest BCUT2D eigenvalue weighted by atomic mass is 14.0. The zero-order valence-corrected chi connectivity index (χ0v) is 10.3. The van der Waals surface area contributed by atoms with E-state index in [0.29, 0.717) is 0 Å². The van der Waals surface area contributed by atoms with Crippen molar-refractivity contribution < 1.29 is 0 Å². The zero-order valence-electron chi connectivity index (χ0n) is 10.3. The first-order valence-electron chi connectivity index (χ1n) is 5.88. The van der Waals surface area contributed by atoms with E-state index in [1.165, 1.54) is 11.1 Å². The average Bonchev–Trinajstić information content (AvgIpc) is 2.30. The standard InChI is InChI=1S/C16H20/c1-4-16(14(2)3)13-9-8-12-15-10-6-5-7-11-15/h5-7,9-11H,2,4,8,12H2,1,3H3. The van der Waals surface area contributed by atoms with Crippen molar-refractivity contribution in [1.82, 2.24) is 0 Å². The van der Waals surface area contributed by atoms with E-state index in [0.717, 1.165) is 24.8 Å². The van der Waals surface area contributed by atoms with Crippen molar-refractivity contribution >= 4 is 0 Å². The van der Waals surface area contributed by atoms with Gasteiger partial charge in [0, 0.05) is 0 Å². The largest absolute Gasteiger partial charge is 0.121 e. The SMILES string of the molecule is C=C(C)C(=C=CCCc1ccccc1)CC. The second-order valence-electron chi connectivity index (χ2n) is 3.99. The van der Waals surface area contributed by atoms with E-state index in [2.05, 4.69) is 55.6 Å². The molecule has 0 saturated heterocycles. The van der Waals surface area contributed by atoms with Gasteiger partial charge in [-0.25, -0.2) is 0 Å². The van der Waals surface area contributed by atoms with Gasteiger partial charge in [0.15, 0.2) is 0 Å². The van der Waals surface area contributed by atoms with Crippen molar-refractivity contribution in [3.05, 3.63) is 65.4 Å². The number of aryl methyl sites for hydroxylation is 1. The van der Waals surface area contributed by atoms with Crippen molar-refractivity contribution in [1.29, 1.82) is 0 Å². The van der Waals surface area contributed by atoms with Crippen LogP contribution in [-0.2, 0) is 6.42 Å². The Balaban J connectivity index is 2.52. The molecule has 0 aliphatic carbocycles. The summed E-state index contributed by atoms with van der Waals surface area (Å²) in [5, 5.41) is 0. The second-order valence-corrected chi connectivity index (χ2v) is 3.99. The molecule has 1 aromatic rings. The highest BCUT2D eigenvalue weighted by Crippen LogP contribution is 2.09. The summed E-state index contributed by atoms with van der Waals surface area (Å²) >= 11 is 0. The van der Waals surface area contributed by atoms with Crippen LogP contribution in [0.4, 0.5) is 0 Å². The van der Waals surface area contributed by atoms with Gasteiger partial charge < -0.3 is 0 Å². The quantitative estimate of drug-likeness (QED) is 0.491. The van der Waals surface area contributed by atoms with Crippen LogP contribution in [0.3, 0.4) is 0 Å². The molecule has 0 aromatic heterocycles. The van der Waals surface area contributed by atoms with Gasteiger partial charge in [-0.1, -0.05) is 43.8 Å². The van der Waals surface area contributed by atoms with Gasteiger partial charge in [-0.2, -0.15) is 0 Å². The van der Waals surface area contributed by atoms with Crippen molar-refractivity contribution in [2.75, 3.05) is 0 Å². The first-order valence-corrected chi connectivity index (χ1v) is 5.88. The molecule has 0 N–H and O–H groups in total. The van der Waals surface area contributed by atoms with Crippen LogP contribution in [0.2, 0.25) is 0 Å². The van der Waals surface area contributed by atoms with E-state index in [-0.39, 0.29) is 0 Å². The molecule has 0 bridgehead atoms. The van der Waals surface area contributed by atoms with E-state index >= 15 is 0 Å². The minimum absolute atomic E-state index is 1.01. The maximum atomic E-state index is 3.94. The first-order chi connectivity index (χ1) is 7.74. The molecular formula is C16H20. The number of rotatable bonds is 5. The fraction of sp³-hybridized carbons (Fsp3) is 0.312. The van der Waals surface area contributed by atoms with Crippen molar-refractivity contribution in [2.24, 2.45) is 0 Å².